The SMILES string of the molecule is CC(Cl)CCCNc1ccc2n[nH]c(=O)n2n1. The summed E-state index contributed by atoms with van der Waals surface area (Å²) < 4.78 is 1.23. The lowest BCUT2D eigenvalue weighted by atomic mass is 10.2. The van der Waals surface area contributed by atoms with Crippen LogP contribution in [0.1, 0.15) is 19.8 Å². The lowest BCUT2D eigenvalue weighted by molar-refractivity contribution is 0.746. The van der Waals surface area contributed by atoms with E-state index in [1.54, 1.807) is 12.1 Å². The molecule has 0 aliphatic rings. The van der Waals surface area contributed by atoms with Crippen molar-refractivity contribution in [1.82, 2.24) is 19.8 Å². The van der Waals surface area contributed by atoms with Crippen molar-refractivity contribution in [2.75, 3.05) is 11.9 Å². The van der Waals surface area contributed by atoms with Gasteiger partial charge in [0.05, 0.1) is 0 Å². The summed E-state index contributed by atoms with van der Waals surface area (Å²) in [6.07, 6.45) is 1.91. The van der Waals surface area contributed by atoms with E-state index in [1.165, 1.54) is 4.52 Å². The van der Waals surface area contributed by atoms with E-state index in [1.807, 2.05) is 6.92 Å². The topological polar surface area (TPSA) is 75.1 Å². The molecule has 2 aromatic rings. The maximum absolute atomic E-state index is 11.3. The first-order valence-electron chi connectivity index (χ1n) is 5.49. The van der Waals surface area contributed by atoms with Crippen molar-refractivity contribution in [2.45, 2.75) is 25.1 Å². The van der Waals surface area contributed by atoms with Gasteiger partial charge >= 0.3 is 5.69 Å². The second-order valence-electron chi connectivity index (χ2n) is 3.87. The molecule has 7 heteroatoms. The molecule has 0 fully saturated rings. The van der Waals surface area contributed by atoms with Crippen molar-refractivity contribution in [3.63, 3.8) is 0 Å². The number of nitrogens with one attached hydrogen (secondary N) is 2. The highest BCUT2D eigenvalue weighted by Gasteiger charge is 2.02. The lowest BCUT2D eigenvalue weighted by Crippen LogP contribution is -2.14. The van der Waals surface area contributed by atoms with E-state index in [0.29, 0.717) is 11.5 Å². The molecule has 0 aromatic carbocycles. The van der Waals surface area contributed by atoms with Crippen molar-refractivity contribution < 1.29 is 0 Å². The third kappa shape index (κ3) is 2.97. The van der Waals surface area contributed by atoms with E-state index in [9.17, 15) is 4.79 Å². The first kappa shape index (κ1) is 11.9. The van der Waals surface area contributed by atoms with Gasteiger partial charge in [0.15, 0.2) is 5.65 Å². The number of aromatic nitrogens is 4. The van der Waals surface area contributed by atoms with Gasteiger partial charge < -0.3 is 5.32 Å². The molecule has 0 aliphatic carbocycles. The molecular weight excluding hydrogens is 242 g/mol. The molecular formula is C10H14ClN5O. The van der Waals surface area contributed by atoms with Gasteiger partial charge in [-0.3, -0.25) is 0 Å². The Balaban J connectivity index is 1.99. The zero-order valence-electron chi connectivity index (χ0n) is 9.48. The third-order valence-corrected chi connectivity index (χ3v) is 2.58. The van der Waals surface area contributed by atoms with Crippen LogP contribution in [0.4, 0.5) is 5.82 Å². The molecule has 0 saturated heterocycles. The fourth-order valence-electron chi connectivity index (χ4n) is 1.50. The number of fused-ring (bicyclic) bond motifs is 1. The number of nitrogens with zero attached hydrogens (tertiary/aromatic N) is 3. The Morgan fingerprint density at radius 3 is 3.18 bits per heavy atom. The van der Waals surface area contributed by atoms with Gasteiger partial charge in [0.1, 0.15) is 5.82 Å². The minimum atomic E-state index is -0.335. The van der Waals surface area contributed by atoms with Crippen LogP contribution in [0, 0.1) is 0 Å². The Kier molecular flexibility index (Phi) is 3.63. The van der Waals surface area contributed by atoms with Gasteiger partial charge in [-0.2, -0.15) is 9.61 Å². The fraction of sp³-hybridized carbons (Fsp3) is 0.500. The summed E-state index contributed by atoms with van der Waals surface area (Å²) in [6.45, 7) is 2.75. The van der Waals surface area contributed by atoms with E-state index in [2.05, 4.69) is 20.6 Å². The summed E-state index contributed by atoms with van der Waals surface area (Å²) in [5.74, 6) is 0.656. The Morgan fingerprint density at radius 1 is 1.59 bits per heavy atom. The van der Waals surface area contributed by atoms with Crippen LogP contribution in [-0.4, -0.2) is 31.7 Å². The number of alkyl halides is 1. The van der Waals surface area contributed by atoms with E-state index < -0.39 is 0 Å². The molecule has 0 radical (unpaired) electrons. The number of H-pyrrole nitrogens is 1. The second kappa shape index (κ2) is 5.18. The molecule has 92 valence electrons. The second-order valence-corrected chi connectivity index (χ2v) is 4.61. The van der Waals surface area contributed by atoms with E-state index in [-0.39, 0.29) is 11.1 Å². The Bertz CT molecular complexity index is 547. The molecule has 2 aromatic heterocycles. The molecule has 0 aliphatic heterocycles. The maximum atomic E-state index is 11.3. The van der Waals surface area contributed by atoms with Gasteiger partial charge in [0.25, 0.3) is 0 Å². The van der Waals surface area contributed by atoms with Crippen molar-refractivity contribution in [3.05, 3.63) is 22.6 Å². The van der Waals surface area contributed by atoms with Gasteiger partial charge in [0, 0.05) is 11.9 Å². The maximum Gasteiger partial charge on any atom is 0.364 e. The molecule has 2 N–H and O–H groups in total. The van der Waals surface area contributed by atoms with Gasteiger partial charge in [-0.05, 0) is 31.9 Å². The predicted molar refractivity (Wildman–Crippen MR) is 66.6 cm³/mol. The van der Waals surface area contributed by atoms with E-state index in [0.717, 1.165) is 19.4 Å². The largest absolute Gasteiger partial charge is 0.369 e. The minimum absolute atomic E-state index is 0.184. The summed E-state index contributed by atoms with van der Waals surface area (Å²) in [5, 5.41) is 13.6. The molecule has 0 amide bonds. The summed E-state index contributed by atoms with van der Waals surface area (Å²) >= 11 is 5.84. The molecule has 0 saturated carbocycles. The average Bonchev–Trinajstić information content (AvgIpc) is 2.66. The monoisotopic (exact) mass is 255 g/mol. The van der Waals surface area contributed by atoms with Gasteiger partial charge in [0.2, 0.25) is 0 Å². The van der Waals surface area contributed by atoms with Crippen LogP contribution >= 0.6 is 11.6 Å². The normalized spacial score (nSPS) is 12.8. The molecule has 1 unspecified atom stereocenters. The summed E-state index contributed by atoms with van der Waals surface area (Å²) in [7, 11) is 0. The van der Waals surface area contributed by atoms with Crippen LogP contribution in [0.15, 0.2) is 16.9 Å². The number of rotatable bonds is 5. The highest BCUT2D eigenvalue weighted by atomic mass is 35.5. The Morgan fingerprint density at radius 2 is 2.41 bits per heavy atom. The van der Waals surface area contributed by atoms with Crippen LogP contribution in [0.2, 0.25) is 0 Å². The first-order chi connectivity index (χ1) is 8.16. The third-order valence-electron chi connectivity index (χ3n) is 2.36. The molecule has 6 nitrogen and oxygen atoms in total. The smallest absolute Gasteiger partial charge is 0.364 e. The minimum Gasteiger partial charge on any atom is -0.369 e. The van der Waals surface area contributed by atoms with E-state index >= 15 is 0 Å². The highest BCUT2D eigenvalue weighted by molar-refractivity contribution is 6.20. The molecule has 1 atom stereocenters. The van der Waals surface area contributed by atoms with Gasteiger partial charge in [-0.1, -0.05) is 0 Å². The number of hydrogen-bond donors (Lipinski definition) is 2. The summed E-state index contributed by atoms with van der Waals surface area (Å²) in [5.41, 5.74) is 0.174. The molecule has 17 heavy (non-hydrogen) atoms. The average molecular weight is 256 g/mol. The van der Waals surface area contributed by atoms with Crippen molar-refractivity contribution in [1.29, 1.82) is 0 Å². The van der Waals surface area contributed by atoms with Crippen LogP contribution in [-0.2, 0) is 0 Å². The number of anilines is 1. The summed E-state index contributed by atoms with van der Waals surface area (Å²) in [4.78, 5) is 11.3. The van der Waals surface area contributed by atoms with Crippen molar-refractivity contribution in [3.8, 4) is 0 Å². The number of aromatic amines is 1. The van der Waals surface area contributed by atoms with Gasteiger partial charge in [-0.15, -0.1) is 16.7 Å². The first-order valence-corrected chi connectivity index (χ1v) is 5.93. The number of hydrogen-bond acceptors (Lipinski definition) is 4. The fourth-order valence-corrected chi connectivity index (χ4v) is 1.65. The quantitative estimate of drug-likeness (QED) is 0.623. The van der Waals surface area contributed by atoms with Crippen LogP contribution in [0.5, 0.6) is 0 Å². The standard InChI is InChI=1S/C10H14ClN5O/c1-7(11)3-2-6-12-8-4-5-9-13-14-10(17)16(9)15-8/h4-5,7H,2-3,6H2,1H3,(H,12,15)(H,14,17). The Hall–Kier alpha value is -1.56. The zero-order valence-corrected chi connectivity index (χ0v) is 10.2. The number of halogens is 1. The Labute approximate surface area is 103 Å². The lowest BCUT2D eigenvalue weighted by Gasteiger charge is -2.05. The van der Waals surface area contributed by atoms with Crippen molar-refractivity contribution >= 4 is 23.1 Å². The van der Waals surface area contributed by atoms with Crippen LogP contribution in [0.25, 0.3) is 5.65 Å². The van der Waals surface area contributed by atoms with Crippen LogP contribution in [0.3, 0.4) is 0 Å². The molecule has 0 spiro atoms. The summed E-state index contributed by atoms with van der Waals surface area (Å²) in [6, 6.07) is 3.52. The molecule has 2 heterocycles. The van der Waals surface area contributed by atoms with Gasteiger partial charge in [-0.25, -0.2) is 9.89 Å². The van der Waals surface area contributed by atoms with Crippen LogP contribution < -0.4 is 11.0 Å². The predicted octanol–water partition coefficient (Wildman–Crippen LogP) is 1.24. The van der Waals surface area contributed by atoms with Crippen molar-refractivity contribution in [2.24, 2.45) is 0 Å². The van der Waals surface area contributed by atoms with E-state index in [4.69, 9.17) is 11.6 Å². The molecule has 0 bridgehead atoms. The highest BCUT2D eigenvalue weighted by Crippen LogP contribution is 2.06. The molecule has 2 rings (SSSR count). The zero-order chi connectivity index (χ0) is 12.3.